The number of hydrogen-bond acceptors (Lipinski definition) is 3. The Morgan fingerprint density at radius 1 is 1.33 bits per heavy atom. The average molecular weight is 246 g/mol. The number of carboxylic acids is 1. The third-order valence-corrected chi connectivity index (χ3v) is 3.64. The molecule has 1 aliphatic carbocycles. The van der Waals surface area contributed by atoms with E-state index in [-0.39, 0.29) is 11.9 Å². The molecule has 1 N–H and O–H groups in total. The van der Waals surface area contributed by atoms with Gasteiger partial charge in [0.1, 0.15) is 0 Å². The van der Waals surface area contributed by atoms with Crippen LogP contribution in [-0.2, 0) is 15.0 Å². The topological polar surface area (TPSA) is 69.2 Å². The second-order valence-electron chi connectivity index (χ2n) is 4.88. The van der Waals surface area contributed by atoms with E-state index in [2.05, 4.69) is 5.32 Å². The monoisotopic (exact) mass is 246 g/mol. The molecule has 1 aromatic rings. The molecule has 0 bridgehead atoms. The van der Waals surface area contributed by atoms with Crippen LogP contribution < -0.4 is 10.4 Å². The third kappa shape index (κ3) is 2.23. The van der Waals surface area contributed by atoms with Crippen LogP contribution in [-0.4, -0.2) is 17.9 Å². The van der Waals surface area contributed by atoms with Gasteiger partial charge in [0.2, 0.25) is 5.91 Å². The maximum atomic E-state index is 11.5. The Kier molecular flexibility index (Phi) is 3.36. The fourth-order valence-corrected chi connectivity index (χ4v) is 2.78. The molecule has 1 fully saturated rings. The first-order chi connectivity index (χ1) is 8.54. The molecule has 0 spiro atoms. The molecular formula is C14H16NO3-. The normalized spacial score (nSPS) is 26.8. The number of benzene rings is 1. The lowest BCUT2D eigenvalue weighted by molar-refractivity contribution is -0.313. The molecule has 0 aliphatic heterocycles. The van der Waals surface area contributed by atoms with Crippen molar-refractivity contribution in [3.63, 3.8) is 0 Å². The number of carbonyl (C=O) groups is 2. The van der Waals surface area contributed by atoms with Crippen LogP contribution in [0.4, 0.5) is 0 Å². The highest BCUT2D eigenvalue weighted by atomic mass is 16.4. The summed E-state index contributed by atoms with van der Waals surface area (Å²) in [6.45, 7) is 1.45. The molecule has 18 heavy (non-hydrogen) atoms. The van der Waals surface area contributed by atoms with E-state index in [9.17, 15) is 14.7 Å². The summed E-state index contributed by atoms with van der Waals surface area (Å²) in [5.74, 6) is -1.18. The molecule has 0 unspecified atom stereocenters. The Morgan fingerprint density at radius 3 is 2.56 bits per heavy atom. The van der Waals surface area contributed by atoms with Gasteiger partial charge >= 0.3 is 0 Å². The van der Waals surface area contributed by atoms with E-state index in [0.29, 0.717) is 19.3 Å². The molecule has 4 nitrogen and oxygen atoms in total. The van der Waals surface area contributed by atoms with Crippen LogP contribution in [0.15, 0.2) is 30.3 Å². The quantitative estimate of drug-likeness (QED) is 0.837. The molecule has 2 rings (SSSR count). The zero-order chi connectivity index (χ0) is 13.2. The van der Waals surface area contributed by atoms with Crippen LogP contribution in [0.25, 0.3) is 0 Å². The molecule has 0 radical (unpaired) electrons. The smallest absolute Gasteiger partial charge is 0.217 e. The first-order valence-electron chi connectivity index (χ1n) is 6.09. The van der Waals surface area contributed by atoms with Gasteiger partial charge < -0.3 is 15.2 Å². The Balaban J connectivity index is 2.26. The first kappa shape index (κ1) is 12.6. The Bertz CT molecular complexity index is 457. The van der Waals surface area contributed by atoms with Crippen LogP contribution >= 0.6 is 0 Å². The summed E-state index contributed by atoms with van der Waals surface area (Å²) in [6, 6.07) is 9.04. The minimum Gasteiger partial charge on any atom is -0.549 e. The van der Waals surface area contributed by atoms with Gasteiger partial charge in [-0.2, -0.15) is 0 Å². The van der Waals surface area contributed by atoms with Gasteiger partial charge in [-0.3, -0.25) is 4.79 Å². The minimum atomic E-state index is -1.05. The minimum absolute atomic E-state index is 0.0828. The van der Waals surface area contributed by atoms with E-state index in [1.807, 2.05) is 30.3 Å². The molecule has 1 amide bonds. The second-order valence-corrected chi connectivity index (χ2v) is 4.88. The Morgan fingerprint density at radius 2 is 2.00 bits per heavy atom. The number of nitrogens with one attached hydrogen (secondary N) is 1. The molecular weight excluding hydrogens is 230 g/mol. The molecule has 0 aromatic heterocycles. The van der Waals surface area contributed by atoms with Crippen molar-refractivity contribution in [2.24, 2.45) is 0 Å². The standard InChI is InChI=1S/C14H17NO3/c1-10(16)15-12-7-8-14(9-12,13(17)18)11-5-3-2-4-6-11/h2-6,12H,7-9H2,1H3,(H,15,16)(H,17,18)/p-1/t12-,14+/m1/s1. The molecule has 0 saturated heterocycles. The highest BCUT2D eigenvalue weighted by Crippen LogP contribution is 2.40. The molecule has 2 atom stereocenters. The summed E-state index contributed by atoms with van der Waals surface area (Å²) in [7, 11) is 0. The van der Waals surface area contributed by atoms with Gasteiger partial charge in [-0.25, -0.2) is 0 Å². The zero-order valence-electron chi connectivity index (χ0n) is 10.3. The van der Waals surface area contributed by atoms with Crippen molar-refractivity contribution >= 4 is 11.9 Å². The molecule has 1 saturated carbocycles. The maximum absolute atomic E-state index is 11.5. The van der Waals surface area contributed by atoms with Gasteiger partial charge in [0.05, 0.1) is 5.97 Å². The van der Waals surface area contributed by atoms with Gasteiger partial charge in [0.15, 0.2) is 0 Å². The maximum Gasteiger partial charge on any atom is 0.217 e. The van der Waals surface area contributed by atoms with Crippen molar-refractivity contribution in [1.29, 1.82) is 0 Å². The predicted molar refractivity (Wildman–Crippen MR) is 64.6 cm³/mol. The van der Waals surface area contributed by atoms with Crippen LogP contribution in [0, 0.1) is 0 Å². The highest BCUT2D eigenvalue weighted by molar-refractivity contribution is 5.80. The van der Waals surface area contributed by atoms with Gasteiger partial charge in [0.25, 0.3) is 0 Å². The lowest BCUT2D eigenvalue weighted by Crippen LogP contribution is -2.45. The Labute approximate surface area is 106 Å². The summed E-state index contributed by atoms with van der Waals surface area (Å²) >= 11 is 0. The summed E-state index contributed by atoms with van der Waals surface area (Å²) in [5.41, 5.74) is -0.202. The van der Waals surface area contributed by atoms with Crippen molar-refractivity contribution < 1.29 is 14.7 Å². The molecule has 1 aliphatic rings. The fraction of sp³-hybridized carbons (Fsp3) is 0.429. The van der Waals surface area contributed by atoms with Gasteiger partial charge in [-0.1, -0.05) is 30.3 Å². The van der Waals surface area contributed by atoms with Crippen LogP contribution in [0.1, 0.15) is 31.7 Å². The van der Waals surface area contributed by atoms with Gasteiger partial charge in [-0.15, -0.1) is 0 Å². The van der Waals surface area contributed by atoms with Gasteiger partial charge in [-0.05, 0) is 24.8 Å². The van der Waals surface area contributed by atoms with E-state index in [1.54, 1.807) is 0 Å². The summed E-state index contributed by atoms with van der Waals surface area (Å²) in [5, 5.41) is 14.3. The summed E-state index contributed by atoms with van der Waals surface area (Å²) in [6.07, 6.45) is 1.58. The fourth-order valence-electron chi connectivity index (χ4n) is 2.78. The number of aliphatic carboxylic acids is 1. The number of carbonyl (C=O) groups excluding carboxylic acids is 2. The van der Waals surface area contributed by atoms with Crippen molar-refractivity contribution in [3.8, 4) is 0 Å². The lowest BCUT2D eigenvalue weighted by atomic mass is 9.79. The number of carboxylic acid groups (broad SMARTS) is 1. The summed E-state index contributed by atoms with van der Waals surface area (Å²) in [4.78, 5) is 22.6. The van der Waals surface area contributed by atoms with Crippen LogP contribution in [0.2, 0.25) is 0 Å². The predicted octanol–water partition coefficient (Wildman–Crippen LogP) is 0.363. The number of hydrogen-bond donors (Lipinski definition) is 1. The average Bonchev–Trinajstić information content (AvgIpc) is 2.74. The van der Waals surface area contributed by atoms with Crippen LogP contribution in [0.5, 0.6) is 0 Å². The second kappa shape index (κ2) is 4.80. The van der Waals surface area contributed by atoms with E-state index in [1.165, 1.54) is 6.92 Å². The zero-order valence-corrected chi connectivity index (χ0v) is 10.3. The van der Waals surface area contributed by atoms with Crippen molar-refractivity contribution in [1.82, 2.24) is 5.32 Å². The van der Waals surface area contributed by atoms with E-state index in [0.717, 1.165) is 5.56 Å². The van der Waals surface area contributed by atoms with E-state index >= 15 is 0 Å². The first-order valence-corrected chi connectivity index (χ1v) is 6.09. The molecule has 96 valence electrons. The van der Waals surface area contributed by atoms with E-state index in [4.69, 9.17) is 0 Å². The van der Waals surface area contributed by atoms with E-state index < -0.39 is 11.4 Å². The Hall–Kier alpha value is -1.84. The summed E-state index contributed by atoms with van der Waals surface area (Å²) < 4.78 is 0. The van der Waals surface area contributed by atoms with Gasteiger partial charge in [0, 0.05) is 18.4 Å². The molecule has 1 aromatic carbocycles. The van der Waals surface area contributed by atoms with Crippen molar-refractivity contribution in [2.45, 2.75) is 37.6 Å². The molecule has 0 heterocycles. The van der Waals surface area contributed by atoms with Crippen LogP contribution in [0.3, 0.4) is 0 Å². The van der Waals surface area contributed by atoms with Crippen molar-refractivity contribution in [2.75, 3.05) is 0 Å². The molecule has 4 heteroatoms. The number of amides is 1. The number of rotatable bonds is 3. The third-order valence-electron chi connectivity index (χ3n) is 3.64. The lowest BCUT2D eigenvalue weighted by Gasteiger charge is -2.31. The largest absolute Gasteiger partial charge is 0.549 e. The van der Waals surface area contributed by atoms with Crippen molar-refractivity contribution in [3.05, 3.63) is 35.9 Å². The highest BCUT2D eigenvalue weighted by Gasteiger charge is 2.42. The SMILES string of the molecule is CC(=O)N[C@@H]1CC[C@@](C(=O)[O-])(c2ccccc2)C1.